The first-order valence-electron chi connectivity index (χ1n) is 16.3. The van der Waals surface area contributed by atoms with Crippen molar-refractivity contribution in [3.05, 3.63) is 42.1 Å². The molecule has 2 heteroatoms. The molecule has 0 aromatic heterocycles. The van der Waals surface area contributed by atoms with Gasteiger partial charge in [-0.3, -0.25) is 0 Å². The number of benzene rings is 1. The van der Waals surface area contributed by atoms with Gasteiger partial charge in [0.25, 0.3) is 0 Å². The lowest BCUT2D eigenvalue weighted by Crippen LogP contribution is -2.22. The maximum absolute atomic E-state index is 4.67. The van der Waals surface area contributed by atoms with Crippen LogP contribution in [0.5, 0.6) is 0 Å². The molecule has 1 aliphatic rings. The summed E-state index contributed by atoms with van der Waals surface area (Å²) in [5.41, 5.74) is 1.47. The molecule has 0 saturated carbocycles. The number of unbranched alkanes of at least 4 members (excludes halogenated alkanes) is 17. The van der Waals surface area contributed by atoms with E-state index in [-0.39, 0.29) is 0 Å². The van der Waals surface area contributed by atoms with Crippen molar-refractivity contribution in [1.82, 2.24) is 0 Å². The van der Waals surface area contributed by atoms with E-state index < -0.39 is 0 Å². The highest BCUT2D eigenvalue weighted by Gasteiger charge is 2.35. The Bertz CT molecular complexity index is 668. The monoisotopic (exact) mass is 507 g/mol. The van der Waals surface area contributed by atoms with Crippen LogP contribution in [-0.2, 0) is 6.42 Å². The van der Waals surface area contributed by atoms with Crippen LogP contribution < -0.4 is 0 Å². The van der Waals surface area contributed by atoms with E-state index in [4.69, 9.17) is 0 Å². The van der Waals surface area contributed by atoms with Crippen molar-refractivity contribution in [3.8, 4) is 0 Å². The van der Waals surface area contributed by atoms with Crippen molar-refractivity contribution < 1.29 is 0 Å². The summed E-state index contributed by atoms with van der Waals surface area (Å²) in [6, 6.07) is 11.1. The van der Waals surface area contributed by atoms with Gasteiger partial charge in [-0.15, -0.1) is 0 Å². The molecule has 37 heavy (non-hydrogen) atoms. The molecule has 0 spiro atoms. The molecule has 0 fully saturated rings. The number of nitrogens with zero attached hydrogens (tertiary/aromatic N) is 2. The molecule has 2 unspecified atom stereocenters. The lowest BCUT2D eigenvalue weighted by molar-refractivity contribution is 0.284. The van der Waals surface area contributed by atoms with Gasteiger partial charge in [-0.05, 0) is 30.7 Å². The third-order valence-electron chi connectivity index (χ3n) is 8.27. The highest BCUT2D eigenvalue weighted by Crippen LogP contribution is 2.36. The SMILES string of the molecule is CCCCCCCCCCCCCCCCCCC(Cc1ccccc1)C(CCCCC)[C+]1N=CC=N1. The van der Waals surface area contributed by atoms with Crippen molar-refractivity contribution in [1.29, 1.82) is 0 Å². The summed E-state index contributed by atoms with van der Waals surface area (Å²) in [5.74, 6) is 1.14. The molecule has 0 aliphatic carbocycles. The molecule has 0 radical (unpaired) electrons. The fourth-order valence-corrected chi connectivity index (χ4v) is 5.95. The predicted molar refractivity (Wildman–Crippen MR) is 166 cm³/mol. The highest BCUT2D eigenvalue weighted by atomic mass is 15.0. The molecule has 2 rings (SSSR count). The van der Waals surface area contributed by atoms with Crippen LogP contribution in [0.1, 0.15) is 154 Å². The Morgan fingerprint density at radius 1 is 0.541 bits per heavy atom. The molecule has 2 atom stereocenters. The minimum atomic E-state index is 0.498. The Morgan fingerprint density at radius 3 is 1.49 bits per heavy atom. The number of aliphatic imine (C=N–C) groups is 2. The van der Waals surface area contributed by atoms with Crippen molar-refractivity contribution in [2.24, 2.45) is 21.8 Å². The first-order valence-corrected chi connectivity index (χ1v) is 16.3. The van der Waals surface area contributed by atoms with E-state index in [1.807, 2.05) is 12.4 Å². The van der Waals surface area contributed by atoms with Gasteiger partial charge in [-0.2, -0.15) is 0 Å². The van der Waals surface area contributed by atoms with E-state index >= 15 is 0 Å². The zero-order valence-corrected chi connectivity index (χ0v) is 24.6. The lowest BCUT2D eigenvalue weighted by Gasteiger charge is -2.26. The van der Waals surface area contributed by atoms with Gasteiger partial charge in [0.1, 0.15) is 0 Å². The Morgan fingerprint density at radius 2 is 0.973 bits per heavy atom. The first-order chi connectivity index (χ1) is 18.3. The predicted octanol–water partition coefficient (Wildman–Crippen LogP) is 11.3. The molecule has 0 amide bonds. The normalized spacial score (nSPS) is 14.5. The largest absolute Gasteiger partial charge is 0.244 e. The van der Waals surface area contributed by atoms with Crippen LogP contribution in [0, 0.1) is 18.0 Å². The minimum absolute atomic E-state index is 0.498. The van der Waals surface area contributed by atoms with Crippen LogP contribution in [0.4, 0.5) is 0 Å². The van der Waals surface area contributed by atoms with Gasteiger partial charge < -0.3 is 0 Å². The van der Waals surface area contributed by atoms with Crippen molar-refractivity contribution in [3.63, 3.8) is 0 Å². The molecule has 2 nitrogen and oxygen atoms in total. The topological polar surface area (TPSA) is 24.7 Å². The number of hydrogen-bond donors (Lipinski definition) is 0. The van der Waals surface area contributed by atoms with E-state index in [0.717, 1.165) is 12.6 Å². The Kier molecular flexibility index (Phi) is 19.2. The summed E-state index contributed by atoms with van der Waals surface area (Å²) < 4.78 is 0. The van der Waals surface area contributed by atoms with Crippen LogP contribution in [0.3, 0.4) is 0 Å². The van der Waals surface area contributed by atoms with Crippen LogP contribution in [-0.4, -0.2) is 12.4 Å². The first kappa shape index (κ1) is 31.6. The second-order valence-electron chi connectivity index (χ2n) is 11.6. The zero-order chi connectivity index (χ0) is 26.2. The minimum Gasteiger partial charge on any atom is -0.0965 e. The van der Waals surface area contributed by atoms with E-state index in [9.17, 15) is 0 Å². The van der Waals surface area contributed by atoms with Gasteiger partial charge in [0.05, 0.1) is 5.92 Å². The Labute approximate surface area is 231 Å². The summed E-state index contributed by atoms with van der Waals surface area (Å²) >= 11 is 0. The van der Waals surface area contributed by atoms with Crippen molar-refractivity contribution >= 4 is 12.4 Å². The molecule has 1 aromatic carbocycles. The quantitative estimate of drug-likeness (QED) is 0.0928. The van der Waals surface area contributed by atoms with Crippen LogP contribution in [0.2, 0.25) is 0 Å². The molecule has 1 aromatic rings. The third-order valence-corrected chi connectivity index (χ3v) is 8.27. The van der Waals surface area contributed by atoms with Gasteiger partial charge in [-0.25, -0.2) is 0 Å². The van der Waals surface area contributed by atoms with E-state index in [2.05, 4.69) is 54.2 Å². The van der Waals surface area contributed by atoms with Crippen molar-refractivity contribution in [2.75, 3.05) is 0 Å². The summed E-state index contributed by atoms with van der Waals surface area (Å²) in [7, 11) is 0. The maximum Gasteiger partial charge on any atom is 0.244 e. The Hall–Kier alpha value is -1.57. The molecule has 0 N–H and O–H groups in total. The van der Waals surface area contributed by atoms with E-state index in [1.54, 1.807) is 0 Å². The van der Waals surface area contributed by atoms with Crippen LogP contribution >= 0.6 is 0 Å². The van der Waals surface area contributed by atoms with E-state index in [0.29, 0.717) is 11.8 Å². The fraction of sp³-hybridized carbons (Fsp3) is 0.743. The molecule has 0 saturated heterocycles. The van der Waals surface area contributed by atoms with Crippen LogP contribution in [0.25, 0.3) is 0 Å². The summed E-state index contributed by atoms with van der Waals surface area (Å²) in [6.07, 6.45) is 35.3. The lowest BCUT2D eigenvalue weighted by atomic mass is 9.78. The molecule has 1 heterocycles. The van der Waals surface area contributed by atoms with Gasteiger partial charge in [-0.1, -0.05) is 176 Å². The smallest absolute Gasteiger partial charge is 0.0965 e. The molecule has 208 valence electrons. The molecular weight excluding hydrogens is 448 g/mol. The van der Waals surface area contributed by atoms with Crippen molar-refractivity contribution in [2.45, 2.75) is 155 Å². The fourth-order valence-electron chi connectivity index (χ4n) is 5.95. The van der Waals surface area contributed by atoms with Gasteiger partial charge in [0, 0.05) is 0 Å². The summed E-state index contributed by atoms with van der Waals surface area (Å²) in [6.45, 7) is 4.60. The third kappa shape index (κ3) is 15.4. The average Bonchev–Trinajstić information content (AvgIpc) is 3.46. The van der Waals surface area contributed by atoms with Gasteiger partial charge >= 0.3 is 0 Å². The molecular formula is C35H59N2+. The second-order valence-corrected chi connectivity index (χ2v) is 11.6. The zero-order valence-electron chi connectivity index (χ0n) is 24.6. The van der Waals surface area contributed by atoms with Gasteiger partial charge in [0.2, 0.25) is 6.17 Å². The summed E-state index contributed by atoms with van der Waals surface area (Å²) in [5, 5.41) is 0. The van der Waals surface area contributed by atoms with Crippen LogP contribution in [0.15, 0.2) is 40.3 Å². The second kappa shape index (κ2) is 22.4. The average molecular weight is 508 g/mol. The number of hydrogen-bond acceptors (Lipinski definition) is 2. The summed E-state index contributed by atoms with van der Waals surface area (Å²) in [4.78, 5) is 9.34. The maximum atomic E-state index is 4.67. The molecule has 1 aliphatic heterocycles. The van der Waals surface area contributed by atoms with E-state index in [1.165, 1.54) is 140 Å². The number of rotatable bonds is 25. The standard InChI is InChI=1S/C35H59N2/c1-3-5-7-8-9-10-11-12-13-14-15-16-17-18-19-24-27-33(31-32-25-22-20-23-26-32)34(28-21-6-4-2)35-36-29-30-37-35/h20,22-23,25-26,29-30,33-34H,3-19,21,24,27-28,31H2,1-2H3/q+1. The van der Waals surface area contributed by atoms with Gasteiger partial charge in [0.15, 0.2) is 12.4 Å². The highest BCUT2D eigenvalue weighted by molar-refractivity contribution is 6.18. The Balaban J connectivity index is 1.61. The molecule has 0 bridgehead atoms.